The first-order chi connectivity index (χ1) is 8.13. The van der Waals surface area contributed by atoms with Crippen LogP contribution in [0.15, 0.2) is 24.3 Å². The van der Waals surface area contributed by atoms with Crippen molar-refractivity contribution in [2.24, 2.45) is 0 Å². The molecule has 1 heterocycles. The van der Waals surface area contributed by atoms with Crippen LogP contribution in [0, 0.1) is 6.92 Å². The highest BCUT2D eigenvalue weighted by molar-refractivity contribution is 5.92. The third kappa shape index (κ3) is 3.54. The molecule has 1 saturated heterocycles. The molecule has 1 unspecified atom stereocenters. The molecule has 1 aromatic carbocycles. The van der Waals surface area contributed by atoms with Gasteiger partial charge in [-0.1, -0.05) is 17.7 Å². The number of β-amino-alcohol motifs (C(OH)–C–C–N with tert-alkyl or cyclic N) is 1. The van der Waals surface area contributed by atoms with Gasteiger partial charge in [-0.2, -0.15) is 0 Å². The van der Waals surface area contributed by atoms with Gasteiger partial charge in [-0.3, -0.25) is 9.69 Å². The Morgan fingerprint density at radius 3 is 2.76 bits per heavy atom. The Morgan fingerprint density at radius 2 is 2.18 bits per heavy atom. The molecule has 1 fully saturated rings. The fraction of sp³-hybridized carbons (Fsp3) is 0.462. The molecule has 4 nitrogen and oxygen atoms in total. The van der Waals surface area contributed by atoms with Crippen LogP contribution in [0.2, 0.25) is 0 Å². The molecular formula is C13H18N2O2. The number of carbonyl (C=O) groups is 1. The second kappa shape index (κ2) is 5.29. The van der Waals surface area contributed by atoms with Crippen molar-refractivity contribution >= 4 is 11.6 Å². The van der Waals surface area contributed by atoms with E-state index in [1.54, 1.807) is 0 Å². The molecule has 0 aliphatic carbocycles. The number of hydrogen-bond donors (Lipinski definition) is 2. The third-order valence-corrected chi connectivity index (χ3v) is 2.95. The highest BCUT2D eigenvalue weighted by atomic mass is 16.3. The number of likely N-dealkylation sites (tertiary alicyclic amines) is 1. The number of nitrogens with zero attached hydrogens (tertiary/aromatic N) is 1. The van der Waals surface area contributed by atoms with Gasteiger partial charge < -0.3 is 10.4 Å². The van der Waals surface area contributed by atoms with E-state index in [4.69, 9.17) is 0 Å². The predicted octanol–water partition coefficient (Wildman–Crippen LogP) is 1.00. The fourth-order valence-electron chi connectivity index (χ4n) is 2.00. The predicted molar refractivity (Wildman–Crippen MR) is 66.9 cm³/mol. The summed E-state index contributed by atoms with van der Waals surface area (Å²) in [6.45, 7) is 3.76. The minimum Gasteiger partial charge on any atom is -0.392 e. The Kier molecular flexibility index (Phi) is 3.76. The highest BCUT2D eigenvalue weighted by Gasteiger charge is 2.21. The fourth-order valence-corrected chi connectivity index (χ4v) is 2.00. The van der Waals surface area contributed by atoms with Gasteiger partial charge in [0, 0.05) is 18.8 Å². The van der Waals surface area contributed by atoms with E-state index in [0.717, 1.165) is 18.7 Å². The van der Waals surface area contributed by atoms with E-state index in [1.165, 1.54) is 5.56 Å². The summed E-state index contributed by atoms with van der Waals surface area (Å²) in [4.78, 5) is 13.7. The van der Waals surface area contributed by atoms with Crippen LogP contribution in [0.4, 0.5) is 5.69 Å². The first-order valence-electron chi connectivity index (χ1n) is 5.90. The number of aliphatic hydroxyl groups excluding tert-OH is 1. The summed E-state index contributed by atoms with van der Waals surface area (Å²) < 4.78 is 0. The summed E-state index contributed by atoms with van der Waals surface area (Å²) in [6.07, 6.45) is 0.486. The van der Waals surface area contributed by atoms with Crippen LogP contribution >= 0.6 is 0 Å². The lowest BCUT2D eigenvalue weighted by Crippen LogP contribution is -2.32. The largest absolute Gasteiger partial charge is 0.392 e. The lowest BCUT2D eigenvalue weighted by atomic mass is 10.2. The number of aliphatic hydroxyl groups is 1. The van der Waals surface area contributed by atoms with E-state index in [-0.39, 0.29) is 12.0 Å². The van der Waals surface area contributed by atoms with E-state index in [0.29, 0.717) is 13.1 Å². The van der Waals surface area contributed by atoms with Crippen LogP contribution < -0.4 is 5.32 Å². The SMILES string of the molecule is Cc1ccc(NC(=O)CN2CCC(O)C2)cc1. The van der Waals surface area contributed by atoms with Crippen LogP contribution in [0.1, 0.15) is 12.0 Å². The van der Waals surface area contributed by atoms with Crippen LogP contribution in [-0.2, 0) is 4.79 Å². The summed E-state index contributed by atoms with van der Waals surface area (Å²) in [5, 5.41) is 12.2. The lowest BCUT2D eigenvalue weighted by Gasteiger charge is -2.14. The van der Waals surface area contributed by atoms with Gasteiger partial charge in [-0.05, 0) is 25.5 Å². The van der Waals surface area contributed by atoms with Gasteiger partial charge in [-0.15, -0.1) is 0 Å². The average Bonchev–Trinajstić information content (AvgIpc) is 2.67. The van der Waals surface area contributed by atoms with Crippen molar-refractivity contribution in [3.63, 3.8) is 0 Å². The number of benzene rings is 1. The van der Waals surface area contributed by atoms with Crippen molar-refractivity contribution in [3.8, 4) is 0 Å². The maximum atomic E-state index is 11.7. The van der Waals surface area contributed by atoms with E-state index in [2.05, 4.69) is 5.32 Å². The molecule has 0 spiro atoms. The Balaban J connectivity index is 1.83. The molecule has 1 aliphatic heterocycles. The quantitative estimate of drug-likeness (QED) is 0.820. The molecule has 0 aromatic heterocycles. The molecular weight excluding hydrogens is 216 g/mol. The van der Waals surface area contributed by atoms with Crippen molar-refractivity contribution in [1.29, 1.82) is 0 Å². The summed E-state index contributed by atoms with van der Waals surface area (Å²) in [6, 6.07) is 7.72. The zero-order chi connectivity index (χ0) is 12.3. The number of aryl methyl sites for hydroxylation is 1. The number of rotatable bonds is 3. The van der Waals surface area contributed by atoms with E-state index >= 15 is 0 Å². The minimum atomic E-state index is -0.276. The second-order valence-corrected chi connectivity index (χ2v) is 4.59. The first kappa shape index (κ1) is 12.1. The van der Waals surface area contributed by atoms with E-state index in [9.17, 15) is 9.90 Å². The zero-order valence-corrected chi connectivity index (χ0v) is 10.0. The molecule has 17 heavy (non-hydrogen) atoms. The van der Waals surface area contributed by atoms with Crippen molar-refractivity contribution in [3.05, 3.63) is 29.8 Å². The molecule has 1 atom stereocenters. The third-order valence-electron chi connectivity index (χ3n) is 2.95. The van der Waals surface area contributed by atoms with Crippen molar-refractivity contribution < 1.29 is 9.90 Å². The number of amides is 1. The molecule has 0 bridgehead atoms. The second-order valence-electron chi connectivity index (χ2n) is 4.59. The minimum absolute atomic E-state index is 0.0250. The smallest absolute Gasteiger partial charge is 0.238 e. The van der Waals surface area contributed by atoms with Gasteiger partial charge >= 0.3 is 0 Å². The van der Waals surface area contributed by atoms with Crippen LogP contribution in [0.5, 0.6) is 0 Å². The normalized spacial score (nSPS) is 20.5. The first-order valence-corrected chi connectivity index (χ1v) is 5.90. The van der Waals surface area contributed by atoms with E-state index in [1.807, 2.05) is 36.1 Å². The highest BCUT2D eigenvalue weighted by Crippen LogP contribution is 2.10. The standard InChI is InChI=1S/C13H18N2O2/c1-10-2-4-11(5-3-10)14-13(17)9-15-7-6-12(16)8-15/h2-5,12,16H,6-9H2,1H3,(H,14,17). The zero-order valence-electron chi connectivity index (χ0n) is 10.0. The van der Waals surface area contributed by atoms with Crippen LogP contribution in [-0.4, -0.2) is 41.7 Å². The van der Waals surface area contributed by atoms with Crippen LogP contribution in [0.3, 0.4) is 0 Å². The molecule has 4 heteroatoms. The van der Waals surface area contributed by atoms with Crippen molar-refractivity contribution in [1.82, 2.24) is 4.90 Å². The maximum absolute atomic E-state index is 11.7. The maximum Gasteiger partial charge on any atom is 0.238 e. The summed E-state index contributed by atoms with van der Waals surface area (Å²) in [5.41, 5.74) is 1.99. The Hall–Kier alpha value is -1.39. The molecule has 0 saturated carbocycles. The summed E-state index contributed by atoms with van der Waals surface area (Å²) in [7, 11) is 0. The molecule has 2 rings (SSSR count). The Bertz CT molecular complexity index is 389. The Morgan fingerprint density at radius 1 is 1.47 bits per heavy atom. The molecule has 92 valence electrons. The Labute approximate surface area is 101 Å². The van der Waals surface area contributed by atoms with Gasteiger partial charge in [0.05, 0.1) is 12.6 Å². The van der Waals surface area contributed by atoms with Gasteiger partial charge in [0.2, 0.25) is 5.91 Å². The van der Waals surface area contributed by atoms with Gasteiger partial charge in [0.15, 0.2) is 0 Å². The molecule has 2 N–H and O–H groups in total. The molecule has 1 aliphatic rings. The molecule has 1 amide bonds. The summed E-state index contributed by atoms with van der Waals surface area (Å²) >= 11 is 0. The van der Waals surface area contributed by atoms with Gasteiger partial charge in [0.25, 0.3) is 0 Å². The molecule has 0 radical (unpaired) electrons. The molecule has 1 aromatic rings. The number of carbonyl (C=O) groups excluding carboxylic acids is 1. The number of nitrogens with one attached hydrogen (secondary N) is 1. The van der Waals surface area contributed by atoms with Crippen molar-refractivity contribution in [2.45, 2.75) is 19.4 Å². The number of anilines is 1. The monoisotopic (exact) mass is 234 g/mol. The van der Waals surface area contributed by atoms with Crippen LogP contribution in [0.25, 0.3) is 0 Å². The topological polar surface area (TPSA) is 52.6 Å². The van der Waals surface area contributed by atoms with Crippen molar-refractivity contribution in [2.75, 3.05) is 25.0 Å². The van der Waals surface area contributed by atoms with Gasteiger partial charge in [0.1, 0.15) is 0 Å². The lowest BCUT2D eigenvalue weighted by molar-refractivity contribution is -0.117. The summed E-state index contributed by atoms with van der Waals surface area (Å²) in [5.74, 6) is -0.0250. The van der Waals surface area contributed by atoms with Gasteiger partial charge in [-0.25, -0.2) is 0 Å². The average molecular weight is 234 g/mol. The number of hydrogen-bond acceptors (Lipinski definition) is 3. The van der Waals surface area contributed by atoms with E-state index < -0.39 is 0 Å².